The normalized spacial score (nSPS) is 15.5. The number of hydrogen-bond donors (Lipinski definition) is 2. The largest absolute Gasteiger partial charge is 0.459 e. The Hall–Kier alpha value is -1.13. The first kappa shape index (κ1) is 16.9. The Morgan fingerprint density at radius 1 is 1.39 bits per heavy atom. The van der Waals surface area contributed by atoms with E-state index in [1.807, 2.05) is 6.92 Å². The average Bonchev–Trinajstić information content (AvgIpc) is 2.36. The lowest BCUT2D eigenvalue weighted by molar-refractivity contribution is -0.159. The zero-order valence-electron chi connectivity index (χ0n) is 11.0. The second-order valence-electron chi connectivity index (χ2n) is 4.21. The van der Waals surface area contributed by atoms with E-state index in [9.17, 15) is 15.0 Å². The minimum atomic E-state index is -1.12. The third kappa shape index (κ3) is 6.57. The maximum absolute atomic E-state index is 11.5. The maximum Gasteiger partial charge on any atom is 0.306 e. The highest BCUT2D eigenvalue weighted by Crippen LogP contribution is 2.13. The monoisotopic (exact) mass is 256 g/mol. The van der Waals surface area contributed by atoms with Crippen LogP contribution in [0.3, 0.4) is 0 Å². The number of esters is 1. The van der Waals surface area contributed by atoms with Gasteiger partial charge in [0.1, 0.15) is 18.3 Å². The molecule has 2 N–H and O–H groups in total. The fourth-order valence-electron chi connectivity index (χ4n) is 1.56. The molecule has 0 unspecified atom stereocenters. The summed E-state index contributed by atoms with van der Waals surface area (Å²) in [6.07, 6.45) is 3.10. The molecule has 0 bridgehead atoms. The van der Waals surface area contributed by atoms with Crippen LogP contribution in [0, 0.1) is 0 Å². The number of unbranched alkanes of at least 4 members (excludes halogenated alkanes) is 1. The number of carbonyl (C=O) groups excluding carboxylic acids is 1. The van der Waals surface area contributed by atoms with Crippen LogP contribution in [0.2, 0.25) is 0 Å². The van der Waals surface area contributed by atoms with Gasteiger partial charge in [0.25, 0.3) is 0 Å². The molecule has 0 fully saturated rings. The van der Waals surface area contributed by atoms with Gasteiger partial charge >= 0.3 is 5.97 Å². The van der Waals surface area contributed by atoms with Gasteiger partial charge in [0.05, 0.1) is 0 Å². The van der Waals surface area contributed by atoms with Crippen molar-refractivity contribution >= 4 is 5.97 Å². The lowest BCUT2D eigenvalue weighted by Crippen LogP contribution is -2.39. The first-order valence-corrected chi connectivity index (χ1v) is 6.35. The Morgan fingerprint density at radius 3 is 2.56 bits per heavy atom. The van der Waals surface area contributed by atoms with Gasteiger partial charge in [-0.3, -0.25) is 4.79 Å². The summed E-state index contributed by atoms with van der Waals surface area (Å²) >= 11 is 0. The molecule has 0 aliphatic rings. The van der Waals surface area contributed by atoms with Gasteiger partial charge in [-0.25, -0.2) is 0 Å². The molecule has 0 heterocycles. The summed E-state index contributed by atoms with van der Waals surface area (Å²) in [6.45, 7) is 8.90. The Morgan fingerprint density at radius 2 is 2.06 bits per heavy atom. The predicted molar refractivity (Wildman–Crippen MR) is 71.0 cm³/mol. The summed E-state index contributed by atoms with van der Waals surface area (Å²) in [6, 6.07) is 0. The number of hydrogen-bond acceptors (Lipinski definition) is 4. The summed E-state index contributed by atoms with van der Waals surface area (Å²) in [5.74, 6) is -0.356. The first-order valence-electron chi connectivity index (χ1n) is 6.35. The summed E-state index contributed by atoms with van der Waals surface area (Å²) < 4.78 is 5.19. The highest BCUT2D eigenvalue weighted by atomic mass is 16.6. The van der Waals surface area contributed by atoms with E-state index in [0.29, 0.717) is 19.3 Å². The predicted octanol–water partition coefficient (Wildman–Crippen LogP) is 1.96. The highest BCUT2D eigenvalue weighted by molar-refractivity contribution is 5.69. The van der Waals surface area contributed by atoms with Crippen molar-refractivity contribution in [3.63, 3.8) is 0 Å². The molecule has 0 radical (unpaired) electrons. The van der Waals surface area contributed by atoms with Gasteiger partial charge in [-0.1, -0.05) is 25.5 Å². The van der Waals surface area contributed by atoms with Crippen molar-refractivity contribution in [2.24, 2.45) is 0 Å². The molecule has 0 rings (SSSR count). The van der Waals surface area contributed by atoms with E-state index in [1.54, 1.807) is 6.08 Å². The second-order valence-corrected chi connectivity index (χ2v) is 4.21. The van der Waals surface area contributed by atoms with Crippen molar-refractivity contribution in [3.05, 3.63) is 25.3 Å². The van der Waals surface area contributed by atoms with Crippen LogP contribution >= 0.6 is 0 Å². The van der Waals surface area contributed by atoms with Crippen LogP contribution in [0.25, 0.3) is 0 Å². The zero-order chi connectivity index (χ0) is 14.0. The Kier molecular flexibility index (Phi) is 9.24. The van der Waals surface area contributed by atoms with Gasteiger partial charge in [0, 0.05) is 6.42 Å². The summed E-state index contributed by atoms with van der Waals surface area (Å²) in [5, 5.41) is 19.3. The van der Waals surface area contributed by atoms with Gasteiger partial charge < -0.3 is 14.9 Å². The van der Waals surface area contributed by atoms with E-state index in [4.69, 9.17) is 4.74 Å². The Balaban J connectivity index is 4.28. The molecule has 0 aromatic heterocycles. The SMILES string of the molecule is C=CCCCC(=O)O[C@H](CCC)[C@@H](O)[C@@H](O)C=C. The summed E-state index contributed by atoms with van der Waals surface area (Å²) in [4.78, 5) is 11.5. The number of carbonyl (C=O) groups is 1. The molecule has 0 spiro atoms. The van der Waals surface area contributed by atoms with E-state index in [2.05, 4.69) is 13.2 Å². The molecule has 0 amide bonds. The van der Waals surface area contributed by atoms with Crippen LogP contribution in [0.5, 0.6) is 0 Å². The Labute approximate surface area is 109 Å². The van der Waals surface area contributed by atoms with Crippen molar-refractivity contribution in [2.45, 2.75) is 57.3 Å². The molecular weight excluding hydrogens is 232 g/mol. The fraction of sp³-hybridized carbons (Fsp3) is 0.643. The molecule has 0 aliphatic carbocycles. The molecule has 18 heavy (non-hydrogen) atoms. The molecule has 104 valence electrons. The van der Waals surface area contributed by atoms with E-state index >= 15 is 0 Å². The highest BCUT2D eigenvalue weighted by Gasteiger charge is 2.27. The van der Waals surface area contributed by atoms with E-state index in [1.165, 1.54) is 6.08 Å². The average molecular weight is 256 g/mol. The standard InChI is InChI=1S/C14H24O4/c1-4-7-8-10-13(16)18-12(9-5-2)14(17)11(15)6-3/h4,6,11-12,14-15,17H,1,3,5,7-10H2,2H3/t11-,12+,14-/m0/s1. The number of allylic oxidation sites excluding steroid dienone is 1. The quantitative estimate of drug-likeness (QED) is 0.356. The Bertz CT molecular complexity index is 263. The van der Waals surface area contributed by atoms with Crippen molar-refractivity contribution in [3.8, 4) is 0 Å². The van der Waals surface area contributed by atoms with E-state index < -0.39 is 18.3 Å². The lowest BCUT2D eigenvalue weighted by atomic mass is 10.0. The van der Waals surface area contributed by atoms with Crippen LogP contribution in [-0.4, -0.2) is 34.5 Å². The minimum Gasteiger partial charge on any atom is -0.459 e. The van der Waals surface area contributed by atoms with Crippen molar-refractivity contribution < 1.29 is 19.7 Å². The van der Waals surface area contributed by atoms with Crippen LogP contribution < -0.4 is 0 Å². The topological polar surface area (TPSA) is 66.8 Å². The van der Waals surface area contributed by atoms with Gasteiger partial charge in [-0.05, 0) is 19.3 Å². The number of aliphatic hydroxyl groups is 2. The number of aliphatic hydroxyl groups excluding tert-OH is 2. The fourth-order valence-corrected chi connectivity index (χ4v) is 1.56. The van der Waals surface area contributed by atoms with E-state index in [-0.39, 0.29) is 5.97 Å². The molecule has 3 atom stereocenters. The molecular formula is C14H24O4. The minimum absolute atomic E-state index is 0.295. The second kappa shape index (κ2) is 9.85. The zero-order valence-corrected chi connectivity index (χ0v) is 11.0. The lowest BCUT2D eigenvalue weighted by Gasteiger charge is -2.25. The molecule has 0 aromatic rings. The third-order valence-corrected chi connectivity index (χ3v) is 2.62. The van der Waals surface area contributed by atoms with Crippen LogP contribution in [-0.2, 0) is 9.53 Å². The van der Waals surface area contributed by atoms with Gasteiger partial charge in [0.2, 0.25) is 0 Å². The van der Waals surface area contributed by atoms with Crippen LogP contribution in [0.4, 0.5) is 0 Å². The molecule has 0 saturated heterocycles. The summed E-state index contributed by atoms with van der Waals surface area (Å²) in [5.41, 5.74) is 0. The van der Waals surface area contributed by atoms with Crippen molar-refractivity contribution in [1.29, 1.82) is 0 Å². The van der Waals surface area contributed by atoms with Crippen molar-refractivity contribution in [1.82, 2.24) is 0 Å². The van der Waals surface area contributed by atoms with Gasteiger partial charge in [-0.15, -0.1) is 13.2 Å². The smallest absolute Gasteiger partial charge is 0.306 e. The summed E-state index contributed by atoms with van der Waals surface area (Å²) in [7, 11) is 0. The number of ether oxygens (including phenoxy) is 1. The van der Waals surface area contributed by atoms with Crippen LogP contribution in [0.15, 0.2) is 25.3 Å². The van der Waals surface area contributed by atoms with Crippen molar-refractivity contribution in [2.75, 3.05) is 0 Å². The maximum atomic E-state index is 11.5. The molecule has 0 aliphatic heterocycles. The third-order valence-electron chi connectivity index (χ3n) is 2.62. The van der Waals surface area contributed by atoms with Gasteiger partial charge in [-0.2, -0.15) is 0 Å². The first-order chi connectivity index (χ1) is 8.56. The van der Waals surface area contributed by atoms with Gasteiger partial charge in [0.15, 0.2) is 0 Å². The van der Waals surface area contributed by atoms with Crippen LogP contribution in [0.1, 0.15) is 39.0 Å². The van der Waals surface area contributed by atoms with E-state index in [0.717, 1.165) is 12.8 Å². The molecule has 0 saturated carbocycles. The molecule has 0 aromatic carbocycles. The molecule has 4 heteroatoms. The molecule has 4 nitrogen and oxygen atoms in total. The number of rotatable bonds is 10.